The predicted octanol–water partition coefficient (Wildman–Crippen LogP) is 2.57. The van der Waals surface area contributed by atoms with E-state index < -0.39 is 22.4 Å². The molecule has 1 aliphatic rings. The summed E-state index contributed by atoms with van der Waals surface area (Å²) in [5, 5.41) is 13.5. The highest BCUT2D eigenvalue weighted by atomic mass is 16.6. The van der Waals surface area contributed by atoms with E-state index in [1.807, 2.05) is 0 Å². The number of benzene rings is 2. The predicted molar refractivity (Wildman–Crippen MR) is 92.5 cm³/mol. The van der Waals surface area contributed by atoms with E-state index >= 15 is 0 Å². The SMILES string of the molecule is COc1cccc(CN2C(=O)NC(C)(c3ccc([N+](=O)[O-])cc3)C2=O)c1. The van der Waals surface area contributed by atoms with E-state index in [0.29, 0.717) is 11.3 Å². The molecular formula is C18H17N3O5. The summed E-state index contributed by atoms with van der Waals surface area (Å²) >= 11 is 0. The van der Waals surface area contributed by atoms with Crippen molar-refractivity contribution in [3.63, 3.8) is 0 Å². The van der Waals surface area contributed by atoms with Gasteiger partial charge in [0.15, 0.2) is 0 Å². The first-order valence-corrected chi connectivity index (χ1v) is 7.87. The van der Waals surface area contributed by atoms with Gasteiger partial charge in [-0.3, -0.25) is 19.8 Å². The Morgan fingerprint density at radius 1 is 1.19 bits per heavy atom. The standard InChI is InChI=1S/C18H17N3O5/c1-18(13-6-8-14(9-7-13)21(24)25)16(22)20(17(23)19-18)11-12-4-3-5-15(10-12)26-2/h3-10H,11H2,1-2H3,(H,19,23). The minimum atomic E-state index is -1.27. The topological polar surface area (TPSA) is 102 Å². The van der Waals surface area contributed by atoms with Crippen molar-refractivity contribution in [3.05, 3.63) is 69.8 Å². The Hall–Kier alpha value is -3.42. The lowest BCUT2D eigenvalue weighted by atomic mass is 9.92. The maximum absolute atomic E-state index is 12.9. The number of rotatable bonds is 5. The zero-order valence-electron chi connectivity index (χ0n) is 14.3. The van der Waals surface area contributed by atoms with Crippen molar-refractivity contribution >= 4 is 17.6 Å². The Morgan fingerprint density at radius 2 is 1.88 bits per heavy atom. The Balaban J connectivity index is 1.86. The average molecular weight is 355 g/mol. The molecule has 1 atom stereocenters. The molecule has 8 nitrogen and oxygen atoms in total. The minimum Gasteiger partial charge on any atom is -0.497 e. The number of ether oxygens (including phenoxy) is 1. The Kier molecular flexibility index (Phi) is 4.33. The number of nitro groups is 1. The summed E-state index contributed by atoms with van der Waals surface area (Å²) in [6.07, 6.45) is 0. The number of amides is 3. The molecular weight excluding hydrogens is 338 g/mol. The summed E-state index contributed by atoms with van der Waals surface area (Å²) in [4.78, 5) is 36.6. The highest BCUT2D eigenvalue weighted by Gasteiger charge is 2.48. The molecule has 134 valence electrons. The molecule has 1 unspecified atom stereocenters. The van der Waals surface area contributed by atoms with Gasteiger partial charge in [-0.05, 0) is 42.3 Å². The zero-order chi connectivity index (χ0) is 18.9. The molecule has 8 heteroatoms. The third-order valence-electron chi connectivity index (χ3n) is 4.41. The van der Waals surface area contributed by atoms with E-state index in [4.69, 9.17) is 4.74 Å². The number of nitro benzene ring substituents is 1. The molecule has 3 rings (SSSR count). The Labute approximate surface area is 149 Å². The first kappa shape index (κ1) is 17.4. The lowest BCUT2D eigenvalue weighted by molar-refractivity contribution is -0.384. The van der Waals surface area contributed by atoms with Gasteiger partial charge in [0.2, 0.25) is 0 Å². The second kappa shape index (κ2) is 6.47. The molecule has 1 fully saturated rings. The van der Waals surface area contributed by atoms with E-state index in [2.05, 4.69) is 5.32 Å². The van der Waals surface area contributed by atoms with Crippen LogP contribution in [0.1, 0.15) is 18.1 Å². The average Bonchev–Trinajstić information content (AvgIpc) is 2.86. The molecule has 0 aromatic heterocycles. The highest BCUT2D eigenvalue weighted by Crippen LogP contribution is 2.31. The van der Waals surface area contributed by atoms with Gasteiger partial charge in [-0.25, -0.2) is 4.79 Å². The number of methoxy groups -OCH3 is 1. The molecule has 1 N–H and O–H groups in total. The monoisotopic (exact) mass is 355 g/mol. The highest BCUT2D eigenvalue weighted by molar-refractivity contribution is 6.07. The fraction of sp³-hybridized carbons (Fsp3) is 0.222. The quantitative estimate of drug-likeness (QED) is 0.504. The van der Waals surface area contributed by atoms with Crippen LogP contribution in [0.4, 0.5) is 10.5 Å². The number of imide groups is 1. The molecule has 0 radical (unpaired) electrons. The van der Waals surface area contributed by atoms with Crippen LogP contribution < -0.4 is 10.1 Å². The number of hydrogen-bond acceptors (Lipinski definition) is 5. The van der Waals surface area contributed by atoms with Crippen LogP contribution in [0.2, 0.25) is 0 Å². The lowest BCUT2D eigenvalue weighted by Gasteiger charge is -2.22. The maximum Gasteiger partial charge on any atom is 0.325 e. The first-order chi connectivity index (χ1) is 12.3. The van der Waals surface area contributed by atoms with Gasteiger partial charge in [-0.1, -0.05) is 12.1 Å². The van der Waals surface area contributed by atoms with Crippen molar-refractivity contribution in [3.8, 4) is 5.75 Å². The number of nitrogens with one attached hydrogen (secondary N) is 1. The van der Waals surface area contributed by atoms with Gasteiger partial charge in [0.25, 0.3) is 11.6 Å². The molecule has 2 aromatic carbocycles. The largest absolute Gasteiger partial charge is 0.497 e. The van der Waals surface area contributed by atoms with E-state index in [1.54, 1.807) is 38.3 Å². The van der Waals surface area contributed by atoms with Gasteiger partial charge in [0, 0.05) is 12.1 Å². The molecule has 0 spiro atoms. The van der Waals surface area contributed by atoms with Crippen molar-refractivity contribution in [2.24, 2.45) is 0 Å². The maximum atomic E-state index is 12.9. The number of carbonyl (C=O) groups is 2. The summed E-state index contributed by atoms with van der Waals surface area (Å²) in [5.41, 5.74) is -0.122. The van der Waals surface area contributed by atoms with Crippen LogP contribution in [-0.4, -0.2) is 28.9 Å². The molecule has 2 aromatic rings. The van der Waals surface area contributed by atoms with Gasteiger partial charge in [0.05, 0.1) is 18.6 Å². The molecule has 1 aliphatic heterocycles. The summed E-state index contributed by atoms with van der Waals surface area (Å²) < 4.78 is 5.15. The smallest absolute Gasteiger partial charge is 0.325 e. The van der Waals surface area contributed by atoms with Crippen LogP contribution in [-0.2, 0) is 16.9 Å². The van der Waals surface area contributed by atoms with Gasteiger partial charge in [-0.2, -0.15) is 0 Å². The van der Waals surface area contributed by atoms with E-state index in [1.165, 1.54) is 24.3 Å². The summed E-state index contributed by atoms with van der Waals surface area (Å²) in [5.74, 6) is 0.215. The van der Waals surface area contributed by atoms with E-state index in [-0.39, 0.29) is 12.2 Å². The van der Waals surface area contributed by atoms with Gasteiger partial charge < -0.3 is 10.1 Å². The fourth-order valence-corrected chi connectivity index (χ4v) is 2.91. The first-order valence-electron chi connectivity index (χ1n) is 7.87. The molecule has 1 saturated heterocycles. The number of hydrogen-bond donors (Lipinski definition) is 1. The Morgan fingerprint density at radius 3 is 2.50 bits per heavy atom. The van der Waals surface area contributed by atoms with E-state index in [9.17, 15) is 19.7 Å². The van der Waals surface area contributed by atoms with Crippen molar-refractivity contribution in [2.45, 2.75) is 19.0 Å². The second-order valence-electron chi connectivity index (χ2n) is 6.10. The lowest BCUT2D eigenvalue weighted by Crippen LogP contribution is -2.40. The van der Waals surface area contributed by atoms with Crippen LogP contribution in [0.3, 0.4) is 0 Å². The van der Waals surface area contributed by atoms with Gasteiger partial charge in [0.1, 0.15) is 11.3 Å². The Bertz CT molecular complexity index is 881. The van der Waals surface area contributed by atoms with Crippen molar-refractivity contribution in [1.29, 1.82) is 0 Å². The minimum absolute atomic E-state index is 0.0811. The third-order valence-corrected chi connectivity index (χ3v) is 4.41. The summed E-state index contributed by atoms with van der Waals surface area (Å²) in [6, 6.07) is 12.2. The zero-order valence-corrected chi connectivity index (χ0v) is 14.3. The molecule has 0 saturated carbocycles. The number of urea groups is 1. The van der Waals surface area contributed by atoms with Crippen LogP contribution >= 0.6 is 0 Å². The molecule has 0 aliphatic carbocycles. The van der Waals surface area contributed by atoms with Gasteiger partial charge >= 0.3 is 6.03 Å². The summed E-state index contributed by atoms with van der Waals surface area (Å²) in [6.45, 7) is 1.68. The van der Waals surface area contributed by atoms with Crippen molar-refractivity contribution in [1.82, 2.24) is 10.2 Å². The second-order valence-corrected chi connectivity index (χ2v) is 6.10. The normalized spacial score (nSPS) is 19.4. The molecule has 0 bridgehead atoms. The number of carbonyl (C=O) groups excluding carboxylic acids is 2. The van der Waals surface area contributed by atoms with Crippen LogP contribution in [0.15, 0.2) is 48.5 Å². The van der Waals surface area contributed by atoms with Crippen LogP contribution in [0.5, 0.6) is 5.75 Å². The molecule has 26 heavy (non-hydrogen) atoms. The van der Waals surface area contributed by atoms with Crippen molar-refractivity contribution in [2.75, 3.05) is 7.11 Å². The van der Waals surface area contributed by atoms with E-state index in [0.717, 1.165) is 10.5 Å². The van der Waals surface area contributed by atoms with Gasteiger partial charge in [-0.15, -0.1) is 0 Å². The van der Waals surface area contributed by atoms with Crippen LogP contribution in [0, 0.1) is 10.1 Å². The molecule has 1 heterocycles. The van der Waals surface area contributed by atoms with Crippen LogP contribution in [0.25, 0.3) is 0 Å². The number of non-ortho nitro benzene ring substituents is 1. The fourth-order valence-electron chi connectivity index (χ4n) is 2.91. The summed E-state index contributed by atoms with van der Waals surface area (Å²) in [7, 11) is 1.54. The molecule has 3 amide bonds. The number of nitrogens with zero attached hydrogens (tertiary/aromatic N) is 2. The van der Waals surface area contributed by atoms with Crippen molar-refractivity contribution < 1.29 is 19.2 Å². The third kappa shape index (κ3) is 2.97.